The van der Waals surface area contributed by atoms with Gasteiger partial charge in [0.1, 0.15) is 5.69 Å². The van der Waals surface area contributed by atoms with Crippen molar-refractivity contribution in [3.8, 4) is 0 Å². The standard InChI is InChI=1S/C14H22N4O2/c1-10(2)17-13(19)11-5-6-15-12(9-11)14(20)16-7-8-18(3)4/h5-6,9-10H,7-8H2,1-4H3,(H,16,20)(H,17,19). The molecule has 6 nitrogen and oxygen atoms in total. The molecule has 0 aromatic carbocycles. The highest BCUT2D eigenvalue weighted by atomic mass is 16.2. The molecule has 1 heterocycles. The van der Waals surface area contributed by atoms with E-state index in [-0.39, 0.29) is 23.6 Å². The van der Waals surface area contributed by atoms with Crippen LogP contribution in [-0.2, 0) is 0 Å². The Balaban J connectivity index is 2.67. The van der Waals surface area contributed by atoms with E-state index >= 15 is 0 Å². The number of carbonyl (C=O) groups excluding carboxylic acids is 2. The van der Waals surface area contributed by atoms with Crippen LogP contribution >= 0.6 is 0 Å². The summed E-state index contributed by atoms with van der Waals surface area (Å²) in [7, 11) is 3.86. The van der Waals surface area contributed by atoms with Crippen molar-refractivity contribution in [2.75, 3.05) is 27.2 Å². The molecule has 0 saturated heterocycles. The third-order valence-electron chi connectivity index (χ3n) is 2.52. The van der Waals surface area contributed by atoms with Gasteiger partial charge < -0.3 is 15.5 Å². The van der Waals surface area contributed by atoms with E-state index in [1.165, 1.54) is 12.3 Å². The van der Waals surface area contributed by atoms with Crippen molar-refractivity contribution in [2.45, 2.75) is 19.9 Å². The van der Waals surface area contributed by atoms with Crippen molar-refractivity contribution in [1.82, 2.24) is 20.5 Å². The fraction of sp³-hybridized carbons (Fsp3) is 0.500. The molecule has 0 fully saturated rings. The number of nitrogens with one attached hydrogen (secondary N) is 2. The molecule has 0 radical (unpaired) electrons. The fourth-order valence-corrected chi connectivity index (χ4v) is 1.53. The summed E-state index contributed by atoms with van der Waals surface area (Å²) in [6.07, 6.45) is 1.47. The first-order chi connectivity index (χ1) is 9.40. The lowest BCUT2D eigenvalue weighted by molar-refractivity contribution is 0.0943. The Morgan fingerprint density at radius 2 is 2.00 bits per heavy atom. The van der Waals surface area contributed by atoms with Gasteiger partial charge in [0.05, 0.1) is 0 Å². The van der Waals surface area contributed by atoms with Crippen molar-refractivity contribution in [2.24, 2.45) is 0 Å². The smallest absolute Gasteiger partial charge is 0.269 e. The molecule has 1 rings (SSSR count). The van der Waals surface area contributed by atoms with Crippen LogP contribution in [0.3, 0.4) is 0 Å². The van der Waals surface area contributed by atoms with E-state index < -0.39 is 0 Å². The molecule has 0 aliphatic rings. The molecule has 6 heteroatoms. The zero-order chi connectivity index (χ0) is 15.1. The molecule has 0 aliphatic carbocycles. The van der Waals surface area contributed by atoms with Crippen LogP contribution in [0.4, 0.5) is 0 Å². The molecule has 0 unspecified atom stereocenters. The van der Waals surface area contributed by atoms with Gasteiger partial charge >= 0.3 is 0 Å². The lowest BCUT2D eigenvalue weighted by Gasteiger charge is -2.11. The second-order valence-corrected chi connectivity index (χ2v) is 5.12. The molecule has 1 aromatic rings. The minimum atomic E-state index is -0.272. The van der Waals surface area contributed by atoms with Crippen LogP contribution in [0.1, 0.15) is 34.7 Å². The van der Waals surface area contributed by atoms with E-state index in [1.54, 1.807) is 6.07 Å². The summed E-state index contributed by atoms with van der Waals surface area (Å²) in [5, 5.41) is 5.54. The number of nitrogens with zero attached hydrogens (tertiary/aromatic N) is 2. The molecule has 0 spiro atoms. The Morgan fingerprint density at radius 1 is 1.30 bits per heavy atom. The van der Waals surface area contributed by atoms with Crippen molar-refractivity contribution >= 4 is 11.8 Å². The minimum Gasteiger partial charge on any atom is -0.350 e. The van der Waals surface area contributed by atoms with Crippen molar-refractivity contribution < 1.29 is 9.59 Å². The van der Waals surface area contributed by atoms with Gasteiger partial charge in [-0.05, 0) is 40.1 Å². The summed E-state index contributed by atoms with van der Waals surface area (Å²) < 4.78 is 0. The zero-order valence-corrected chi connectivity index (χ0v) is 12.4. The molecule has 110 valence electrons. The quantitative estimate of drug-likeness (QED) is 0.795. The molecule has 0 aliphatic heterocycles. The predicted molar refractivity (Wildman–Crippen MR) is 77.7 cm³/mol. The highest BCUT2D eigenvalue weighted by Crippen LogP contribution is 2.02. The first-order valence-electron chi connectivity index (χ1n) is 6.60. The van der Waals surface area contributed by atoms with Crippen LogP contribution < -0.4 is 10.6 Å². The lowest BCUT2D eigenvalue weighted by Crippen LogP contribution is -2.33. The number of rotatable bonds is 6. The second kappa shape index (κ2) is 7.59. The minimum absolute atomic E-state index is 0.0491. The van der Waals surface area contributed by atoms with Gasteiger partial charge in [-0.25, -0.2) is 0 Å². The SMILES string of the molecule is CC(C)NC(=O)c1ccnc(C(=O)NCCN(C)C)c1. The Bertz CT molecular complexity index is 472. The highest BCUT2D eigenvalue weighted by Gasteiger charge is 2.12. The predicted octanol–water partition coefficient (Wildman–Crippen LogP) is 0.511. The molecular formula is C14H22N4O2. The molecule has 0 saturated carbocycles. The average Bonchev–Trinajstić information content (AvgIpc) is 2.37. The van der Waals surface area contributed by atoms with E-state index in [9.17, 15) is 9.59 Å². The normalized spacial score (nSPS) is 10.7. The summed E-state index contributed by atoms with van der Waals surface area (Å²) in [6.45, 7) is 5.05. The number of hydrogen-bond acceptors (Lipinski definition) is 4. The fourth-order valence-electron chi connectivity index (χ4n) is 1.53. The van der Waals surface area contributed by atoms with Crippen molar-refractivity contribution in [3.05, 3.63) is 29.6 Å². The maximum atomic E-state index is 11.9. The van der Waals surface area contributed by atoms with Crippen LogP contribution in [0.5, 0.6) is 0 Å². The molecule has 0 bridgehead atoms. The van der Waals surface area contributed by atoms with Crippen LogP contribution in [0.15, 0.2) is 18.3 Å². The summed E-state index contributed by atoms with van der Waals surface area (Å²) >= 11 is 0. The molecular weight excluding hydrogens is 256 g/mol. The van der Waals surface area contributed by atoms with Crippen LogP contribution in [0, 0.1) is 0 Å². The number of likely N-dealkylation sites (N-methyl/N-ethyl adjacent to an activating group) is 1. The number of amides is 2. The maximum absolute atomic E-state index is 11.9. The molecule has 0 atom stereocenters. The van der Waals surface area contributed by atoms with Gasteiger partial charge in [-0.2, -0.15) is 0 Å². The van der Waals surface area contributed by atoms with Crippen molar-refractivity contribution in [1.29, 1.82) is 0 Å². The van der Waals surface area contributed by atoms with E-state index in [1.807, 2.05) is 32.8 Å². The largest absolute Gasteiger partial charge is 0.350 e. The number of pyridine rings is 1. The summed E-state index contributed by atoms with van der Waals surface area (Å²) in [4.78, 5) is 29.7. The molecule has 1 aromatic heterocycles. The van der Waals surface area contributed by atoms with Gasteiger partial charge in [0.25, 0.3) is 11.8 Å². The van der Waals surface area contributed by atoms with Gasteiger partial charge in [0, 0.05) is 30.9 Å². The van der Waals surface area contributed by atoms with Gasteiger partial charge in [0.2, 0.25) is 0 Å². The Morgan fingerprint density at radius 3 is 2.60 bits per heavy atom. The zero-order valence-electron chi connectivity index (χ0n) is 12.4. The van der Waals surface area contributed by atoms with Gasteiger partial charge in [0.15, 0.2) is 0 Å². The van der Waals surface area contributed by atoms with Gasteiger partial charge in [-0.1, -0.05) is 0 Å². The van der Waals surface area contributed by atoms with Crippen LogP contribution in [-0.4, -0.2) is 54.9 Å². The second-order valence-electron chi connectivity index (χ2n) is 5.12. The molecule has 20 heavy (non-hydrogen) atoms. The van der Waals surface area contributed by atoms with E-state index in [0.717, 1.165) is 6.54 Å². The summed E-state index contributed by atoms with van der Waals surface area (Å²) in [6, 6.07) is 3.14. The average molecular weight is 278 g/mol. The molecule has 2 N–H and O–H groups in total. The first kappa shape index (κ1) is 16.1. The lowest BCUT2D eigenvalue weighted by atomic mass is 10.2. The first-order valence-corrected chi connectivity index (χ1v) is 6.60. The van der Waals surface area contributed by atoms with Crippen molar-refractivity contribution in [3.63, 3.8) is 0 Å². The summed E-state index contributed by atoms with van der Waals surface area (Å²) in [5.74, 6) is -0.476. The van der Waals surface area contributed by atoms with E-state index in [4.69, 9.17) is 0 Å². The maximum Gasteiger partial charge on any atom is 0.269 e. The monoisotopic (exact) mass is 278 g/mol. The van der Waals surface area contributed by atoms with E-state index in [2.05, 4.69) is 15.6 Å². The third-order valence-corrected chi connectivity index (χ3v) is 2.52. The Labute approximate surface area is 119 Å². The third kappa shape index (κ3) is 5.36. The Hall–Kier alpha value is -1.95. The number of aromatic nitrogens is 1. The highest BCUT2D eigenvalue weighted by molar-refractivity contribution is 5.98. The van der Waals surface area contributed by atoms with Crippen LogP contribution in [0.25, 0.3) is 0 Å². The topological polar surface area (TPSA) is 74.3 Å². The van der Waals surface area contributed by atoms with E-state index in [0.29, 0.717) is 12.1 Å². The van der Waals surface area contributed by atoms with Gasteiger partial charge in [-0.3, -0.25) is 14.6 Å². The summed E-state index contributed by atoms with van der Waals surface area (Å²) in [5.41, 5.74) is 0.687. The molecule has 2 amide bonds. The van der Waals surface area contributed by atoms with Crippen LogP contribution in [0.2, 0.25) is 0 Å². The number of carbonyl (C=O) groups is 2. The van der Waals surface area contributed by atoms with Gasteiger partial charge in [-0.15, -0.1) is 0 Å². The number of hydrogen-bond donors (Lipinski definition) is 2. The Kier molecular flexibility index (Phi) is 6.11.